The third kappa shape index (κ3) is 4.78. The van der Waals surface area contributed by atoms with Crippen LogP contribution in [0.15, 0.2) is 58.3 Å². The highest BCUT2D eigenvalue weighted by molar-refractivity contribution is 7.89. The van der Waals surface area contributed by atoms with Crippen LogP contribution in [0.2, 0.25) is 0 Å². The molecule has 2 aromatic carbocycles. The summed E-state index contributed by atoms with van der Waals surface area (Å²) < 4.78 is 56.1. The summed E-state index contributed by atoms with van der Waals surface area (Å²) in [6.45, 7) is 6.29. The normalized spacial score (nSPS) is 21.7. The Balaban J connectivity index is 1.51. The third-order valence-electron chi connectivity index (χ3n) is 6.40. The molecule has 2 aliphatic carbocycles. The maximum atomic E-state index is 13.5. The fraction of sp³-hybridized carbons (Fsp3) is 0.500. The molecule has 32 heavy (non-hydrogen) atoms. The fourth-order valence-electron chi connectivity index (χ4n) is 4.39. The Labute approximate surface area is 192 Å². The second-order valence-corrected chi connectivity index (χ2v) is 13.1. The molecule has 0 aromatic heterocycles. The van der Waals surface area contributed by atoms with E-state index in [1.165, 1.54) is 35.4 Å². The first kappa shape index (κ1) is 23.4. The maximum Gasteiger partial charge on any atom is 0.243 e. The molecule has 0 atom stereocenters. The summed E-state index contributed by atoms with van der Waals surface area (Å²) in [5.74, 6) is 0.569. The second-order valence-electron chi connectivity index (χ2n) is 9.46. The highest BCUT2D eigenvalue weighted by Crippen LogP contribution is 2.46. The van der Waals surface area contributed by atoms with Gasteiger partial charge in [-0.15, -0.1) is 0 Å². The van der Waals surface area contributed by atoms with Crippen LogP contribution in [0.25, 0.3) is 0 Å². The molecule has 6 nitrogen and oxygen atoms in total. The molecule has 2 fully saturated rings. The van der Waals surface area contributed by atoms with E-state index in [1.807, 2.05) is 26.0 Å². The third-order valence-corrected chi connectivity index (χ3v) is 9.86. The Hall–Kier alpha value is -1.74. The first-order valence-electron chi connectivity index (χ1n) is 11.3. The minimum absolute atomic E-state index is 0.00627. The molecule has 0 bridgehead atoms. The van der Waals surface area contributed by atoms with Gasteiger partial charge in [-0.1, -0.05) is 38.1 Å². The molecule has 2 saturated carbocycles. The Bertz CT molecular complexity index is 1160. The summed E-state index contributed by atoms with van der Waals surface area (Å²) >= 11 is 0. The first-order valence-corrected chi connectivity index (χ1v) is 14.2. The van der Waals surface area contributed by atoms with Gasteiger partial charge in [-0.05, 0) is 79.8 Å². The van der Waals surface area contributed by atoms with Crippen molar-refractivity contribution in [2.45, 2.75) is 74.2 Å². The van der Waals surface area contributed by atoms with E-state index in [9.17, 15) is 16.8 Å². The zero-order valence-electron chi connectivity index (χ0n) is 18.9. The molecule has 0 radical (unpaired) electrons. The van der Waals surface area contributed by atoms with E-state index < -0.39 is 20.0 Å². The molecule has 0 heterocycles. The van der Waals surface area contributed by atoms with E-state index in [0.29, 0.717) is 12.5 Å². The van der Waals surface area contributed by atoms with E-state index in [0.717, 1.165) is 25.7 Å². The number of aryl methyl sites for hydroxylation is 1. The Kier molecular flexibility index (Phi) is 6.51. The number of benzene rings is 2. The van der Waals surface area contributed by atoms with Crippen LogP contribution in [0, 0.1) is 12.8 Å². The number of sulfonamides is 2. The minimum Gasteiger partial charge on any atom is -0.211 e. The van der Waals surface area contributed by atoms with Gasteiger partial charge in [0.2, 0.25) is 20.0 Å². The van der Waals surface area contributed by atoms with Crippen molar-refractivity contribution < 1.29 is 16.8 Å². The molecule has 2 aromatic rings. The first-order chi connectivity index (χ1) is 15.1. The van der Waals surface area contributed by atoms with Gasteiger partial charge in [0.25, 0.3) is 0 Å². The van der Waals surface area contributed by atoms with E-state index in [4.69, 9.17) is 0 Å². The largest absolute Gasteiger partial charge is 0.243 e. The Morgan fingerprint density at radius 2 is 1.50 bits per heavy atom. The molecule has 8 heteroatoms. The number of nitrogens with zero attached hydrogens (tertiary/aromatic N) is 1. The lowest BCUT2D eigenvalue weighted by Gasteiger charge is -2.43. The van der Waals surface area contributed by atoms with Gasteiger partial charge in [0.1, 0.15) is 0 Å². The molecule has 0 unspecified atom stereocenters. The minimum atomic E-state index is -3.68. The summed E-state index contributed by atoms with van der Waals surface area (Å²) in [6, 6.07) is 14.0. The maximum absolute atomic E-state index is 13.5. The van der Waals surface area contributed by atoms with Gasteiger partial charge in [0, 0.05) is 18.6 Å². The van der Waals surface area contributed by atoms with Crippen molar-refractivity contribution in [3.05, 3.63) is 59.7 Å². The average Bonchev–Trinajstić information content (AvgIpc) is 3.54. The predicted octanol–water partition coefficient (Wildman–Crippen LogP) is 4.03. The average molecular weight is 477 g/mol. The van der Waals surface area contributed by atoms with E-state index in [2.05, 4.69) is 23.8 Å². The quantitative estimate of drug-likeness (QED) is 0.592. The van der Waals surface area contributed by atoms with Gasteiger partial charge >= 0.3 is 0 Å². The SMILES string of the molecule is Cc1ccccc1C1CC(N(C2CC2)S(=O)(=O)c2ccc(S(=O)(=O)NCC(C)C)cc2)C1. The van der Waals surface area contributed by atoms with Crippen molar-refractivity contribution >= 4 is 20.0 Å². The second kappa shape index (κ2) is 8.89. The molecule has 174 valence electrons. The fourth-order valence-corrected chi connectivity index (χ4v) is 7.49. The van der Waals surface area contributed by atoms with E-state index in [1.54, 1.807) is 4.31 Å². The number of hydrogen-bond donors (Lipinski definition) is 1. The smallest absolute Gasteiger partial charge is 0.211 e. The van der Waals surface area contributed by atoms with Crippen LogP contribution < -0.4 is 4.72 Å². The highest BCUT2D eigenvalue weighted by Gasteiger charge is 2.47. The zero-order valence-corrected chi connectivity index (χ0v) is 20.5. The van der Waals surface area contributed by atoms with Gasteiger partial charge in [0.15, 0.2) is 0 Å². The van der Waals surface area contributed by atoms with E-state index in [-0.39, 0.29) is 27.8 Å². The molecule has 1 N–H and O–H groups in total. The van der Waals surface area contributed by atoms with Crippen LogP contribution in [-0.2, 0) is 20.0 Å². The van der Waals surface area contributed by atoms with Crippen molar-refractivity contribution in [1.82, 2.24) is 9.03 Å². The van der Waals surface area contributed by atoms with Crippen molar-refractivity contribution in [2.75, 3.05) is 6.54 Å². The molecule has 2 aliphatic rings. The van der Waals surface area contributed by atoms with Gasteiger partial charge in [0.05, 0.1) is 9.79 Å². The molecular weight excluding hydrogens is 444 g/mol. The van der Waals surface area contributed by atoms with Crippen LogP contribution in [0.5, 0.6) is 0 Å². The van der Waals surface area contributed by atoms with Crippen molar-refractivity contribution in [2.24, 2.45) is 5.92 Å². The van der Waals surface area contributed by atoms with Crippen molar-refractivity contribution in [3.8, 4) is 0 Å². The highest BCUT2D eigenvalue weighted by atomic mass is 32.2. The molecule has 0 aliphatic heterocycles. The topological polar surface area (TPSA) is 83.6 Å². The monoisotopic (exact) mass is 476 g/mol. The molecule has 0 saturated heterocycles. The van der Waals surface area contributed by atoms with Crippen LogP contribution in [0.1, 0.15) is 56.6 Å². The molecule has 0 spiro atoms. The van der Waals surface area contributed by atoms with Crippen LogP contribution in [-0.4, -0.2) is 39.8 Å². The Morgan fingerprint density at radius 1 is 0.906 bits per heavy atom. The standard InChI is InChI=1S/C24H32N2O4S2/c1-17(2)16-25-31(27,28)22-10-12-23(13-11-22)32(29,30)26(20-8-9-20)21-14-19(15-21)24-7-5-4-6-18(24)3/h4-7,10-13,17,19-21,25H,8-9,14-16H2,1-3H3. The van der Waals surface area contributed by atoms with Crippen molar-refractivity contribution in [1.29, 1.82) is 0 Å². The van der Waals surface area contributed by atoms with Gasteiger partial charge in [-0.25, -0.2) is 21.6 Å². The van der Waals surface area contributed by atoms with Crippen LogP contribution in [0.4, 0.5) is 0 Å². The summed E-state index contributed by atoms with van der Waals surface area (Å²) in [7, 11) is -7.34. The molecular formula is C24H32N2O4S2. The summed E-state index contributed by atoms with van der Waals surface area (Å²) in [6.07, 6.45) is 3.42. The number of hydrogen-bond acceptors (Lipinski definition) is 4. The predicted molar refractivity (Wildman–Crippen MR) is 125 cm³/mol. The van der Waals surface area contributed by atoms with Gasteiger partial charge in [-0.3, -0.25) is 0 Å². The lowest BCUT2D eigenvalue weighted by atomic mass is 9.74. The lowest BCUT2D eigenvalue weighted by molar-refractivity contribution is 0.184. The number of rotatable bonds is 9. The summed E-state index contributed by atoms with van der Waals surface area (Å²) in [5, 5.41) is 0. The van der Waals surface area contributed by atoms with Crippen LogP contribution >= 0.6 is 0 Å². The zero-order chi connectivity index (χ0) is 23.1. The Morgan fingerprint density at radius 3 is 2.06 bits per heavy atom. The van der Waals surface area contributed by atoms with Gasteiger partial charge < -0.3 is 0 Å². The molecule has 0 amide bonds. The summed E-state index contributed by atoms with van der Waals surface area (Å²) in [5.41, 5.74) is 2.56. The van der Waals surface area contributed by atoms with Crippen LogP contribution in [0.3, 0.4) is 0 Å². The van der Waals surface area contributed by atoms with Gasteiger partial charge in [-0.2, -0.15) is 4.31 Å². The number of nitrogens with one attached hydrogen (secondary N) is 1. The van der Waals surface area contributed by atoms with E-state index >= 15 is 0 Å². The lowest BCUT2D eigenvalue weighted by Crippen LogP contribution is -2.48. The molecule has 4 rings (SSSR count). The summed E-state index contributed by atoms with van der Waals surface area (Å²) in [4.78, 5) is 0.241. The van der Waals surface area contributed by atoms with Crippen molar-refractivity contribution in [3.63, 3.8) is 0 Å².